The van der Waals surface area contributed by atoms with E-state index in [9.17, 15) is 24.5 Å². The van der Waals surface area contributed by atoms with Gasteiger partial charge in [0.05, 0.1) is 22.2 Å². The molecule has 37 heavy (non-hydrogen) atoms. The average molecular weight is 498 g/mol. The van der Waals surface area contributed by atoms with Crippen LogP contribution < -0.4 is 16.1 Å². The van der Waals surface area contributed by atoms with Crippen molar-refractivity contribution in [3.8, 4) is 5.69 Å². The smallest absolute Gasteiger partial charge is 0.294 e. The van der Waals surface area contributed by atoms with Gasteiger partial charge in [0.1, 0.15) is 5.69 Å². The summed E-state index contributed by atoms with van der Waals surface area (Å²) in [5.41, 5.74) is 0.341. The Morgan fingerprint density at radius 2 is 1.59 bits per heavy atom. The van der Waals surface area contributed by atoms with Crippen molar-refractivity contribution in [2.45, 2.75) is 19.9 Å². The maximum absolute atomic E-state index is 13.1. The number of nitro benzene ring substituents is 1. The third kappa shape index (κ3) is 5.43. The first-order chi connectivity index (χ1) is 17.8. The second-order valence-electron chi connectivity index (χ2n) is 8.26. The number of amides is 2. The number of anilines is 1. The molecular weight excluding hydrogens is 474 g/mol. The van der Waals surface area contributed by atoms with Gasteiger partial charge >= 0.3 is 0 Å². The number of rotatable bonds is 7. The van der Waals surface area contributed by atoms with E-state index in [1.54, 1.807) is 31.2 Å². The molecule has 1 unspecified atom stereocenters. The molecule has 2 amide bonds. The zero-order valence-corrected chi connectivity index (χ0v) is 20.0. The summed E-state index contributed by atoms with van der Waals surface area (Å²) in [5, 5.41) is 21.1. The highest BCUT2D eigenvalue weighted by Gasteiger charge is 2.22. The van der Waals surface area contributed by atoms with E-state index in [0.29, 0.717) is 5.69 Å². The molecular formula is C27H23N5O5. The van der Waals surface area contributed by atoms with Crippen LogP contribution in [0.15, 0.2) is 89.7 Å². The number of benzene rings is 3. The number of hydrogen-bond donors (Lipinski definition) is 2. The number of aromatic nitrogens is 2. The lowest BCUT2D eigenvalue weighted by atomic mass is 10.1. The number of nitro groups is 1. The van der Waals surface area contributed by atoms with Crippen molar-refractivity contribution in [3.63, 3.8) is 0 Å². The van der Waals surface area contributed by atoms with Gasteiger partial charge in [0, 0.05) is 17.8 Å². The standard InChI is InChI=1S/C27H23N5O5/c1-17-16-24(33)25(30-31(17)22-14-8-9-15-23(22)32(36)37)27(35)29-21-13-7-6-12-20(21)26(34)28-18(2)19-10-4-3-5-11-19/h3-16,18H,1-2H3,(H,28,34)(H,29,35). The van der Waals surface area contributed by atoms with Crippen LogP contribution in [0.2, 0.25) is 0 Å². The fourth-order valence-electron chi connectivity index (χ4n) is 3.82. The van der Waals surface area contributed by atoms with Crippen molar-refractivity contribution < 1.29 is 14.5 Å². The molecule has 4 aromatic rings. The Hall–Kier alpha value is -5.12. The van der Waals surface area contributed by atoms with Crippen LogP contribution in [0.1, 0.15) is 45.1 Å². The molecule has 0 bridgehead atoms. The first-order valence-electron chi connectivity index (χ1n) is 11.4. The van der Waals surface area contributed by atoms with Gasteiger partial charge in [-0.2, -0.15) is 5.10 Å². The fourth-order valence-corrected chi connectivity index (χ4v) is 3.82. The Balaban J connectivity index is 1.63. The number of carbonyl (C=O) groups excluding carboxylic acids is 2. The summed E-state index contributed by atoms with van der Waals surface area (Å²) >= 11 is 0. The van der Waals surface area contributed by atoms with Crippen LogP contribution in [0.3, 0.4) is 0 Å². The molecule has 1 aromatic heterocycles. The molecule has 10 heteroatoms. The van der Waals surface area contributed by atoms with Crippen LogP contribution in [-0.2, 0) is 0 Å². The molecule has 0 fully saturated rings. The van der Waals surface area contributed by atoms with Crippen molar-refractivity contribution in [2.75, 3.05) is 5.32 Å². The molecule has 3 aromatic carbocycles. The number of nitrogens with one attached hydrogen (secondary N) is 2. The molecule has 186 valence electrons. The Labute approximate surface area is 211 Å². The number of hydrogen-bond acceptors (Lipinski definition) is 6. The molecule has 0 aliphatic carbocycles. The molecule has 0 saturated heterocycles. The van der Waals surface area contributed by atoms with Gasteiger partial charge in [-0.05, 0) is 37.6 Å². The molecule has 0 spiro atoms. The summed E-state index contributed by atoms with van der Waals surface area (Å²) in [6.07, 6.45) is 0. The van der Waals surface area contributed by atoms with Crippen molar-refractivity contribution >= 4 is 23.2 Å². The van der Waals surface area contributed by atoms with E-state index in [-0.39, 0.29) is 28.7 Å². The van der Waals surface area contributed by atoms with Gasteiger partial charge in [-0.1, -0.05) is 54.6 Å². The van der Waals surface area contributed by atoms with Gasteiger partial charge in [-0.3, -0.25) is 24.5 Å². The quantitative estimate of drug-likeness (QED) is 0.290. The predicted molar refractivity (Wildman–Crippen MR) is 138 cm³/mol. The summed E-state index contributed by atoms with van der Waals surface area (Å²) in [7, 11) is 0. The highest BCUT2D eigenvalue weighted by molar-refractivity contribution is 6.08. The van der Waals surface area contributed by atoms with Crippen LogP contribution in [0.25, 0.3) is 5.69 Å². The topological polar surface area (TPSA) is 136 Å². The van der Waals surface area contributed by atoms with E-state index in [2.05, 4.69) is 15.7 Å². The van der Waals surface area contributed by atoms with E-state index in [1.807, 2.05) is 37.3 Å². The minimum atomic E-state index is -0.853. The first-order valence-corrected chi connectivity index (χ1v) is 11.4. The van der Waals surface area contributed by atoms with Gasteiger partial charge in [0.2, 0.25) is 5.43 Å². The lowest BCUT2D eigenvalue weighted by Gasteiger charge is -2.16. The Morgan fingerprint density at radius 3 is 2.32 bits per heavy atom. The van der Waals surface area contributed by atoms with Crippen LogP contribution in [0.4, 0.5) is 11.4 Å². The molecule has 0 saturated carbocycles. The Kier molecular flexibility index (Phi) is 7.19. The van der Waals surface area contributed by atoms with Crippen molar-refractivity contribution in [2.24, 2.45) is 0 Å². The monoisotopic (exact) mass is 497 g/mol. The lowest BCUT2D eigenvalue weighted by molar-refractivity contribution is -0.384. The van der Waals surface area contributed by atoms with Gasteiger partial charge < -0.3 is 10.6 Å². The molecule has 0 aliphatic heterocycles. The van der Waals surface area contributed by atoms with E-state index in [0.717, 1.165) is 5.56 Å². The Morgan fingerprint density at radius 1 is 0.946 bits per heavy atom. The highest BCUT2D eigenvalue weighted by Crippen LogP contribution is 2.23. The minimum absolute atomic E-state index is 0.105. The second kappa shape index (κ2) is 10.6. The third-order valence-electron chi connectivity index (χ3n) is 5.70. The summed E-state index contributed by atoms with van der Waals surface area (Å²) in [6.45, 7) is 3.40. The second-order valence-corrected chi connectivity index (χ2v) is 8.26. The van der Waals surface area contributed by atoms with Crippen LogP contribution in [0, 0.1) is 17.0 Å². The number of para-hydroxylation sites is 3. The van der Waals surface area contributed by atoms with Gasteiger partial charge in [0.25, 0.3) is 17.5 Å². The maximum Gasteiger partial charge on any atom is 0.294 e. The first kappa shape index (κ1) is 25.0. The van der Waals surface area contributed by atoms with Gasteiger partial charge in [0.15, 0.2) is 5.69 Å². The number of aryl methyl sites for hydroxylation is 1. The van der Waals surface area contributed by atoms with Gasteiger partial charge in [-0.25, -0.2) is 4.68 Å². The minimum Gasteiger partial charge on any atom is -0.345 e. The van der Waals surface area contributed by atoms with E-state index in [4.69, 9.17) is 0 Å². The molecule has 1 heterocycles. The lowest BCUT2D eigenvalue weighted by Crippen LogP contribution is -2.30. The predicted octanol–water partition coefficient (Wildman–Crippen LogP) is 4.19. The van der Waals surface area contributed by atoms with Crippen molar-refractivity contribution in [1.29, 1.82) is 0 Å². The van der Waals surface area contributed by atoms with Crippen LogP contribution in [0.5, 0.6) is 0 Å². The zero-order valence-electron chi connectivity index (χ0n) is 20.0. The summed E-state index contributed by atoms with van der Waals surface area (Å²) in [5.74, 6) is -1.27. The Bertz CT molecular complexity index is 1550. The summed E-state index contributed by atoms with van der Waals surface area (Å²) in [6, 6.07) is 22.6. The summed E-state index contributed by atoms with van der Waals surface area (Å²) in [4.78, 5) is 49.7. The van der Waals surface area contributed by atoms with E-state index in [1.165, 1.54) is 35.0 Å². The third-order valence-corrected chi connectivity index (χ3v) is 5.70. The molecule has 2 N–H and O–H groups in total. The van der Waals surface area contributed by atoms with Crippen molar-refractivity contribution in [3.05, 3.63) is 128 Å². The normalized spacial score (nSPS) is 11.4. The zero-order chi connectivity index (χ0) is 26.5. The van der Waals surface area contributed by atoms with Crippen LogP contribution >= 0.6 is 0 Å². The SMILES string of the molecule is Cc1cc(=O)c(C(=O)Nc2ccccc2C(=O)NC(C)c2ccccc2)nn1-c1ccccc1[N+](=O)[O-]. The maximum atomic E-state index is 13.1. The number of nitrogens with zero attached hydrogens (tertiary/aromatic N) is 3. The molecule has 1 atom stereocenters. The fraction of sp³-hybridized carbons (Fsp3) is 0.111. The molecule has 0 aliphatic rings. The van der Waals surface area contributed by atoms with Crippen LogP contribution in [-0.4, -0.2) is 26.5 Å². The van der Waals surface area contributed by atoms with Gasteiger partial charge in [-0.15, -0.1) is 0 Å². The molecule has 10 nitrogen and oxygen atoms in total. The summed E-state index contributed by atoms with van der Waals surface area (Å²) < 4.78 is 1.18. The van der Waals surface area contributed by atoms with Crippen molar-refractivity contribution in [1.82, 2.24) is 15.1 Å². The number of carbonyl (C=O) groups is 2. The molecule has 0 radical (unpaired) electrons. The largest absolute Gasteiger partial charge is 0.345 e. The average Bonchev–Trinajstić information content (AvgIpc) is 2.89. The highest BCUT2D eigenvalue weighted by atomic mass is 16.6. The van der Waals surface area contributed by atoms with E-state index >= 15 is 0 Å². The van der Waals surface area contributed by atoms with E-state index < -0.39 is 27.9 Å². The molecule has 4 rings (SSSR count).